The van der Waals surface area contributed by atoms with E-state index in [-0.39, 0.29) is 0 Å². The predicted molar refractivity (Wildman–Crippen MR) is 58.4 cm³/mol. The van der Waals surface area contributed by atoms with E-state index in [0.29, 0.717) is 0 Å². The Morgan fingerprint density at radius 1 is 1.43 bits per heavy atom. The molecule has 0 amide bonds. The van der Waals surface area contributed by atoms with Crippen molar-refractivity contribution < 1.29 is 0 Å². The lowest BCUT2D eigenvalue weighted by atomic mass is 10.3. The standard InChI is InChI=1S/C11H17N3/c1-12-9-10-8-11(4-5-13-10)14-6-2-3-7-14/h4-5,8,12H,2-3,6-7,9H2,1H3. The zero-order chi connectivity index (χ0) is 9.80. The van der Waals surface area contributed by atoms with Crippen LogP contribution in [0.5, 0.6) is 0 Å². The minimum Gasteiger partial charge on any atom is -0.371 e. The third kappa shape index (κ3) is 2.04. The van der Waals surface area contributed by atoms with Crippen LogP contribution in [0.3, 0.4) is 0 Å². The van der Waals surface area contributed by atoms with Crippen LogP contribution in [-0.2, 0) is 6.54 Å². The molecule has 2 heterocycles. The van der Waals surface area contributed by atoms with Crippen LogP contribution in [0.25, 0.3) is 0 Å². The van der Waals surface area contributed by atoms with Gasteiger partial charge in [0.25, 0.3) is 0 Å². The number of rotatable bonds is 3. The summed E-state index contributed by atoms with van der Waals surface area (Å²) in [7, 11) is 1.95. The molecule has 1 aliphatic rings. The Bertz CT molecular complexity index is 292. The van der Waals surface area contributed by atoms with Gasteiger partial charge in [-0.15, -0.1) is 0 Å². The van der Waals surface area contributed by atoms with Gasteiger partial charge < -0.3 is 10.2 Å². The minimum atomic E-state index is 0.849. The van der Waals surface area contributed by atoms with Crippen molar-refractivity contribution in [3.05, 3.63) is 24.0 Å². The van der Waals surface area contributed by atoms with Gasteiger partial charge in [0.15, 0.2) is 0 Å². The number of nitrogens with one attached hydrogen (secondary N) is 1. The van der Waals surface area contributed by atoms with Crippen molar-refractivity contribution in [3.8, 4) is 0 Å². The highest BCUT2D eigenvalue weighted by atomic mass is 15.1. The number of anilines is 1. The van der Waals surface area contributed by atoms with E-state index in [1.807, 2.05) is 13.2 Å². The summed E-state index contributed by atoms with van der Waals surface area (Å²) in [6.07, 6.45) is 4.55. The summed E-state index contributed by atoms with van der Waals surface area (Å²) in [5.74, 6) is 0. The number of hydrogen-bond donors (Lipinski definition) is 1. The van der Waals surface area contributed by atoms with Gasteiger partial charge in [0, 0.05) is 31.5 Å². The molecule has 2 rings (SSSR count). The van der Waals surface area contributed by atoms with Crippen molar-refractivity contribution in [2.24, 2.45) is 0 Å². The highest BCUT2D eigenvalue weighted by Crippen LogP contribution is 2.19. The summed E-state index contributed by atoms with van der Waals surface area (Å²) < 4.78 is 0. The van der Waals surface area contributed by atoms with Gasteiger partial charge >= 0.3 is 0 Å². The summed E-state index contributed by atoms with van der Waals surface area (Å²) in [6, 6.07) is 4.28. The second-order valence-corrected chi connectivity index (χ2v) is 3.73. The molecule has 0 aliphatic carbocycles. The van der Waals surface area contributed by atoms with E-state index in [2.05, 4.69) is 27.3 Å². The van der Waals surface area contributed by atoms with Gasteiger partial charge in [-0.05, 0) is 32.0 Å². The first kappa shape index (κ1) is 9.46. The van der Waals surface area contributed by atoms with E-state index in [1.165, 1.54) is 31.6 Å². The van der Waals surface area contributed by atoms with Gasteiger partial charge in [-0.3, -0.25) is 4.98 Å². The predicted octanol–water partition coefficient (Wildman–Crippen LogP) is 1.40. The Morgan fingerprint density at radius 2 is 2.21 bits per heavy atom. The van der Waals surface area contributed by atoms with E-state index in [9.17, 15) is 0 Å². The second-order valence-electron chi connectivity index (χ2n) is 3.73. The first-order valence-electron chi connectivity index (χ1n) is 5.24. The maximum atomic E-state index is 4.31. The molecule has 1 saturated heterocycles. The molecular formula is C11H17N3. The largest absolute Gasteiger partial charge is 0.371 e. The number of aromatic nitrogens is 1. The molecule has 0 aromatic carbocycles. The minimum absolute atomic E-state index is 0.849. The highest BCUT2D eigenvalue weighted by molar-refractivity contribution is 5.47. The fraction of sp³-hybridized carbons (Fsp3) is 0.545. The van der Waals surface area contributed by atoms with E-state index in [4.69, 9.17) is 0 Å². The van der Waals surface area contributed by atoms with Gasteiger partial charge in [0.05, 0.1) is 5.69 Å². The third-order valence-electron chi connectivity index (χ3n) is 2.63. The second kappa shape index (κ2) is 4.42. The Kier molecular flexibility index (Phi) is 2.99. The van der Waals surface area contributed by atoms with Crippen molar-refractivity contribution in [2.45, 2.75) is 19.4 Å². The monoisotopic (exact) mass is 191 g/mol. The molecule has 3 heteroatoms. The lowest BCUT2D eigenvalue weighted by Gasteiger charge is -2.17. The molecule has 3 nitrogen and oxygen atoms in total. The van der Waals surface area contributed by atoms with E-state index < -0.39 is 0 Å². The van der Waals surface area contributed by atoms with Gasteiger partial charge in [-0.25, -0.2) is 0 Å². The van der Waals surface area contributed by atoms with Crippen LogP contribution in [0, 0.1) is 0 Å². The SMILES string of the molecule is CNCc1cc(N2CCCC2)ccn1. The molecule has 0 radical (unpaired) electrons. The van der Waals surface area contributed by atoms with Crippen LogP contribution in [0.15, 0.2) is 18.3 Å². The van der Waals surface area contributed by atoms with Crippen molar-refractivity contribution >= 4 is 5.69 Å². The molecule has 1 N–H and O–H groups in total. The first-order valence-corrected chi connectivity index (χ1v) is 5.24. The van der Waals surface area contributed by atoms with E-state index in [0.717, 1.165) is 12.2 Å². The summed E-state index contributed by atoms with van der Waals surface area (Å²) in [6.45, 7) is 3.24. The van der Waals surface area contributed by atoms with Gasteiger partial charge in [0.2, 0.25) is 0 Å². The Morgan fingerprint density at radius 3 is 2.93 bits per heavy atom. The Labute approximate surface area is 85.1 Å². The maximum absolute atomic E-state index is 4.31. The van der Waals surface area contributed by atoms with E-state index >= 15 is 0 Å². The molecule has 1 aliphatic heterocycles. The van der Waals surface area contributed by atoms with Crippen LogP contribution in [0.1, 0.15) is 18.5 Å². The summed E-state index contributed by atoms with van der Waals surface area (Å²) >= 11 is 0. The third-order valence-corrected chi connectivity index (χ3v) is 2.63. The van der Waals surface area contributed by atoms with Gasteiger partial charge in [-0.2, -0.15) is 0 Å². The molecule has 1 aromatic heterocycles. The van der Waals surface area contributed by atoms with Crippen LogP contribution < -0.4 is 10.2 Å². The molecular weight excluding hydrogens is 174 g/mol. The van der Waals surface area contributed by atoms with Gasteiger partial charge in [0.1, 0.15) is 0 Å². The zero-order valence-electron chi connectivity index (χ0n) is 8.66. The fourth-order valence-corrected chi connectivity index (χ4v) is 1.92. The zero-order valence-corrected chi connectivity index (χ0v) is 8.66. The van der Waals surface area contributed by atoms with Crippen LogP contribution in [0.4, 0.5) is 5.69 Å². The molecule has 76 valence electrons. The topological polar surface area (TPSA) is 28.2 Å². The quantitative estimate of drug-likeness (QED) is 0.782. The summed E-state index contributed by atoms with van der Waals surface area (Å²) in [4.78, 5) is 6.74. The number of nitrogens with zero attached hydrogens (tertiary/aromatic N) is 2. The molecule has 0 spiro atoms. The van der Waals surface area contributed by atoms with Crippen molar-refractivity contribution in [3.63, 3.8) is 0 Å². The Balaban J connectivity index is 2.12. The molecule has 14 heavy (non-hydrogen) atoms. The fourth-order valence-electron chi connectivity index (χ4n) is 1.92. The van der Waals surface area contributed by atoms with Crippen LogP contribution in [0.2, 0.25) is 0 Å². The summed E-state index contributed by atoms with van der Waals surface area (Å²) in [5.41, 5.74) is 2.44. The number of hydrogen-bond acceptors (Lipinski definition) is 3. The lowest BCUT2D eigenvalue weighted by Crippen LogP contribution is -2.18. The molecule has 1 aromatic rings. The van der Waals surface area contributed by atoms with Crippen molar-refractivity contribution in [1.82, 2.24) is 10.3 Å². The van der Waals surface area contributed by atoms with Crippen molar-refractivity contribution in [1.29, 1.82) is 0 Å². The smallest absolute Gasteiger partial charge is 0.0562 e. The molecule has 1 fully saturated rings. The molecule has 0 atom stereocenters. The van der Waals surface area contributed by atoms with E-state index in [1.54, 1.807) is 0 Å². The molecule has 0 saturated carbocycles. The Hall–Kier alpha value is -1.09. The van der Waals surface area contributed by atoms with Crippen LogP contribution in [-0.4, -0.2) is 25.1 Å². The van der Waals surface area contributed by atoms with Gasteiger partial charge in [-0.1, -0.05) is 0 Å². The maximum Gasteiger partial charge on any atom is 0.0562 e. The lowest BCUT2D eigenvalue weighted by molar-refractivity contribution is 0.789. The first-order chi connectivity index (χ1) is 6.90. The average Bonchev–Trinajstić information content (AvgIpc) is 2.71. The van der Waals surface area contributed by atoms with Crippen molar-refractivity contribution in [2.75, 3.05) is 25.0 Å². The normalized spacial score (nSPS) is 16.2. The molecule has 0 bridgehead atoms. The summed E-state index contributed by atoms with van der Waals surface area (Å²) in [5, 5.41) is 3.12. The average molecular weight is 191 g/mol. The number of pyridine rings is 1. The van der Waals surface area contributed by atoms with Crippen LogP contribution >= 0.6 is 0 Å². The molecule has 0 unspecified atom stereocenters. The highest BCUT2D eigenvalue weighted by Gasteiger charge is 2.12.